The maximum atomic E-state index is 11.6. The summed E-state index contributed by atoms with van der Waals surface area (Å²) >= 11 is 0. The van der Waals surface area contributed by atoms with E-state index < -0.39 is 11.7 Å². The van der Waals surface area contributed by atoms with Crippen molar-refractivity contribution in [2.75, 3.05) is 26.3 Å². The topological polar surface area (TPSA) is 76.1 Å². The Bertz CT molecular complexity index is 363. The first-order valence-corrected chi connectivity index (χ1v) is 6.99. The molecule has 1 rings (SSSR count). The van der Waals surface area contributed by atoms with Crippen molar-refractivity contribution in [3.05, 3.63) is 0 Å². The van der Waals surface area contributed by atoms with E-state index in [0.29, 0.717) is 26.2 Å². The van der Waals surface area contributed by atoms with Crippen LogP contribution in [0.4, 0.5) is 4.79 Å². The minimum atomic E-state index is -0.946. The molecule has 0 saturated carbocycles. The molecule has 1 aliphatic rings. The van der Waals surface area contributed by atoms with Crippen LogP contribution >= 0.6 is 0 Å². The molecule has 0 aromatic heterocycles. The third kappa shape index (κ3) is 3.85. The van der Waals surface area contributed by atoms with Crippen molar-refractivity contribution in [1.82, 2.24) is 4.90 Å². The van der Waals surface area contributed by atoms with E-state index in [1.54, 1.807) is 6.92 Å². The van der Waals surface area contributed by atoms with Crippen LogP contribution in [0.15, 0.2) is 0 Å². The zero-order chi connectivity index (χ0) is 15.4. The van der Waals surface area contributed by atoms with Crippen molar-refractivity contribution in [2.24, 2.45) is 5.41 Å². The van der Waals surface area contributed by atoms with E-state index in [1.165, 1.54) is 4.90 Å². The van der Waals surface area contributed by atoms with Crippen molar-refractivity contribution in [1.29, 1.82) is 0 Å². The Balaban J connectivity index is 2.82. The first-order valence-electron chi connectivity index (χ1n) is 6.99. The molecule has 6 heteroatoms. The summed E-state index contributed by atoms with van der Waals surface area (Å²) in [6.45, 7) is 9.13. The number of carboxylic acid groups (broad SMARTS) is 1. The largest absolute Gasteiger partial charge is 0.466 e. The molecule has 1 atom stereocenters. The lowest BCUT2D eigenvalue weighted by Gasteiger charge is -2.49. The molecule has 116 valence electrons. The molecule has 1 aliphatic heterocycles. The molecular weight excluding hydrogens is 262 g/mol. The number of esters is 1. The monoisotopic (exact) mass is 287 g/mol. The summed E-state index contributed by atoms with van der Waals surface area (Å²) in [4.78, 5) is 24.1. The van der Waals surface area contributed by atoms with Gasteiger partial charge in [0, 0.05) is 13.0 Å². The van der Waals surface area contributed by atoms with Crippen molar-refractivity contribution in [2.45, 2.75) is 46.1 Å². The Hall–Kier alpha value is -1.30. The highest BCUT2D eigenvalue weighted by Crippen LogP contribution is 2.40. The summed E-state index contributed by atoms with van der Waals surface area (Å²) in [5.74, 6) is -0.271. The minimum Gasteiger partial charge on any atom is -0.466 e. The zero-order valence-electron chi connectivity index (χ0n) is 12.8. The van der Waals surface area contributed by atoms with E-state index in [2.05, 4.69) is 0 Å². The molecule has 20 heavy (non-hydrogen) atoms. The Kier molecular flexibility index (Phi) is 5.39. The smallest absolute Gasteiger partial charge is 0.407 e. The molecule has 1 amide bonds. The molecule has 1 N–H and O–H groups in total. The van der Waals surface area contributed by atoms with E-state index in [9.17, 15) is 14.7 Å². The second-order valence-corrected chi connectivity index (χ2v) is 6.10. The van der Waals surface area contributed by atoms with Crippen molar-refractivity contribution in [3.8, 4) is 0 Å². The summed E-state index contributed by atoms with van der Waals surface area (Å²) in [6.07, 6.45) is -0.254. The van der Waals surface area contributed by atoms with Crippen LogP contribution in [0.2, 0.25) is 0 Å². The molecule has 0 bridgehead atoms. The van der Waals surface area contributed by atoms with E-state index in [1.807, 2.05) is 20.8 Å². The zero-order valence-corrected chi connectivity index (χ0v) is 12.8. The fourth-order valence-corrected chi connectivity index (χ4v) is 2.46. The van der Waals surface area contributed by atoms with Gasteiger partial charge in [0.1, 0.15) is 0 Å². The van der Waals surface area contributed by atoms with Crippen molar-refractivity contribution >= 4 is 12.1 Å². The second kappa shape index (κ2) is 6.43. The molecule has 0 aliphatic carbocycles. The Labute approximate surface area is 120 Å². The third-order valence-corrected chi connectivity index (χ3v) is 3.86. The maximum absolute atomic E-state index is 11.6. The van der Waals surface area contributed by atoms with Crippen LogP contribution in [-0.2, 0) is 14.3 Å². The van der Waals surface area contributed by atoms with Gasteiger partial charge in [0.15, 0.2) is 0 Å². The summed E-state index contributed by atoms with van der Waals surface area (Å²) < 4.78 is 10.9. The van der Waals surface area contributed by atoms with Gasteiger partial charge >= 0.3 is 12.1 Å². The molecule has 6 nitrogen and oxygen atoms in total. The minimum absolute atomic E-state index is 0.235. The SMILES string of the molecule is CCOC(=O)CCC1(C(C)(C)C)CN(C(=O)O)CCO1. The Morgan fingerprint density at radius 2 is 2.05 bits per heavy atom. The van der Waals surface area contributed by atoms with Gasteiger partial charge in [-0.15, -0.1) is 0 Å². The number of amides is 1. The van der Waals surface area contributed by atoms with Crippen LogP contribution in [0.3, 0.4) is 0 Å². The number of ether oxygens (including phenoxy) is 2. The summed E-state index contributed by atoms with van der Waals surface area (Å²) in [7, 11) is 0. The number of carbonyl (C=O) groups is 2. The molecule has 0 aromatic carbocycles. The lowest BCUT2D eigenvalue weighted by molar-refractivity contribution is -0.169. The molecule has 0 spiro atoms. The molecule has 1 unspecified atom stereocenters. The standard InChI is InChI=1S/C14H25NO5/c1-5-19-11(16)6-7-14(13(2,3)4)10-15(12(17)18)8-9-20-14/h5-10H2,1-4H3,(H,17,18). The van der Waals surface area contributed by atoms with Crippen LogP contribution in [0, 0.1) is 5.41 Å². The number of rotatable bonds is 4. The Morgan fingerprint density at radius 3 is 2.55 bits per heavy atom. The van der Waals surface area contributed by atoms with Crippen LogP contribution in [0.25, 0.3) is 0 Å². The van der Waals surface area contributed by atoms with Crippen LogP contribution in [0.5, 0.6) is 0 Å². The molecule has 1 heterocycles. The summed E-state index contributed by atoms with van der Waals surface area (Å²) in [5.41, 5.74) is -0.927. The van der Waals surface area contributed by atoms with E-state index in [4.69, 9.17) is 9.47 Å². The second-order valence-electron chi connectivity index (χ2n) is 6.10. The highest BCUT2D eigenvalue weighted by Gasteiger charge is 2.47. The number of morpholine rings is 1. The first kappa shape index (κ1) is 16.8. The molecular formula is C14H25NO5. The van der Waals surface area contributed by atoms with Crippen molar-refractivity contribution in [3.63, 3.8) is 0 Å². The van der Waals surface area contributed by atoms with E-state index in [-0.39, 0.29) is 24.3 Å². The van der Waals surface area contributed by atoms with Crippen molar-refractivity contribution < 1.29 is 24.2 Å². The van der Waals surface area contributed by atoms with Gasteiger partial charge in [0.25, 0.3) is 0 Å². The third-order valence-electron chi connectivity index (χ3n) is 3.86. The van der Waals surface area contributed by atoms with Crippen LogP contribution in [-0.4, -0.2) is 54.0 Å². The average Bonchev–Trinajstić information content (AvgIpc) is 2.35. The van der Waals surface area contributed by atoms with E-state index >= 15 is 0 Å². The van der Waals surface area contributed by atoms with Gasteiger partial charge < -0.3 is 19.5 Å². The molecule has 0 radical (unpaired) electrons. The van der Waals surface area contributed by atoms with Gasteiger partial charge in [-0.05, 0) is 18.8 Å². The van der Waals surface area contributed by atoms with Gasteiger partial charge in [-0.3, -0.25) is 4.79 Å². The molecule has 1 saturated heterocycles. The number of nitrogens with zero attached hydrogens (tertiary/aromatic N) is 1. The normalized spacial score (nSPS) is 23.5. The number of hydrogen-bond acceptors (Lipinski definition) is 4. The first-order chi connectivity index (χ1) is 9.22. The number of carbonyl (C=O) groups excluding carboxylic acids is 1. The van der Waals surface area contributed by atoms with Gasteiger partial charge in [0.2, 0.25) is 0 Å². The quantitative estimate of drug-likeness (QED) is 0.802. The highest BCUT2D eigenvalue weighted by molar-refractivity contribution is 5.69. The lowest BCUT2D eigenvalue weighted by atomic mass is 9.72. The fraction of sp³-hybridized carbons (Fsp3) is 0.857. The van der Waals surface area contributed by atoms with Crippen LogP contribution < -0.4 is 0 Å². The highest BCUT2D eigenvalue weighted by atomic mass is 16.5. The predicted octanol–water partition coefficient (Wildman–Crippen LogP) is 2.12. The Morgan fingerprint density at radius 1 is 1.40 bits per heavy atom. The van der Waals surface area contributed by atoms with Gasteiger partial charge in [-0.25, -0.2) is 4.79 Å². The molecule has 0 aromatic rings. The van der Waals surface area contributed by atoms with E-state index in [0.717, 1.165) is 0 Å². The fourth-order valence-electron chi connectivity index (χ4n) is 2.46. The van der Waals surface area contributed by atoms with Gasteiger partial charge in [0.05, 0.1) is 25.4 Å². The maximum Gasteiger partial charge on any atom is 0.407 e. The summed E-state index contributed by atoms with van der Waals surface area (Å²) in [6, 6.07) is 0. The number of hydrogen-bond donors (Lipinski definition) is 1. The lowest BCUT2D eigenvalue weighted by Crippen LogP contribution is -2.59. The molecule has 1 fully saturated rings. The summed E-state index contributed by atoms with van der Waals surface area (Å²) in [5, 5.41) is 9.18. The average molecular weight is 287 g/mol. The van der Waals surface area contributed by atoms with Gasteiger partial charge in [-0.2, -0.15) is 0 Å². The predicted molar refractivity (Wildman–Crippen MR) is 73.6 cm³/mol. The van der Waals surface area contributed by atoms with Gasteiger partial charge in [-0.1, -0.05) is 20.8 Å². The van der Waals surface area contributed by atoms with Crippen LogP contribution in [0.1, 0.15) is 40.5 Å².